The van der Waals surface area contributed by atoms with E-state index in [2.05, 4.69) is 10.3 Å². The van der Waals surface area contributed by atoms with Crippen LogP contribution >= 0.6 is 11.3 Å². The minimum absolute atomic E-state index is 0.0624. The molecule has 0 saturated carbocycles. The summed E-state index contributed by atoms with van der Waals surface area (Å²) in [7, 11) is -3.54. The van der Waals surface area contributed by atoms with Gasteiger partial charge in [-0.3, -0.25) is 19.1 Å². The smallest absolute Gasteiger partial charge is 0.330 e. The van der Waals surface area contributed by atoms with E-state index in [0.717, 1.165) is 6.26 Å². The molecule has 2 saturated heterocycles. The van der Waals surface area contributed by atoms with Crippen molar-refractivity contribution in [3.05, 3.63) is 51.0 Å². The molecule has 1 amide bonds. The van der Waals surface area contributed by atoms with E-state index < -0.39 is 39.1 Å². The van der Waals surface area contributed by atoms with Crippen LogP contribution in [0.5, 0.6) is 0 Å². The topological polar surface area (TPSA) is 161 Å². The predicted octanol–water partition coefficient (Wildman–Crippen LogP) is 0.374. The van der Waals surface area contributed by atoms with E-state index in [1.54, 1.807) is 5.38 Å². The van der Waals surface area contributed by atoms with E-state index in [9.17, 15) is 28.1 Å². The maximum Gasteiger partial charge on any atom is 0.330 e. The first-order valence-corrected chi connectivity index (χ1v) is 13.3. The first kappa shape index (κ1) is 25.0. The average molecular weight is 526 g/mol. The Balaban J connectivity index is 1.35. The molecule has 2 aliphatic rings. The molecular weight excluding hydrogens is 502 g/mol. The molecule has 1 aromatic carbocycles. The van der Waals surface area contributed by atoms with Crippen LogP contribution in [-0.4, -0.2) is 86.2 Å². The number of nitrogens with one attached hydrogen (secondary N) is 1. The number of hydrogen-bond acceptors (Lipinski definition) is 12. The molecule has 3 heterocycles. The van der Waals surface area contributed by atoms with Crippen LogP contribution < -0.4 is 10.2 Å². The molecular formula is C20H23N5O8S2. The van der Waals surface area contributed by atoms with Gasteiger partial charge in [-0.15, -0.1) is 11.3 Å². The number of thiazole rings is 1. The Bertz CT molecular complexity index is 1210. The maximum absolute atomic E-state index is 13.1. The Kier molecular flexibility index (Phi) is 7.30. The number of esters is 1. The highest BCUT2D eigenvalue weighted by atomic mass is 32.2. The van der Waals surface area contributed by atoms with Crippen LogP contribution in [-0.2, 0) is 30.4 Å². The van der Waals surface area contributed by atoms with Crippen LogP contribution in [0, 0.1) is 10.1 Å². The van der Waals surface area contributed by atoms with E-state index in [1.165, 1.54) is 40.5 Å². The SMILES string of the molecule is CS(=O)(=O)OC1CN(c2nc(C(=O)N3CCNCC3C(=O)OCc3ccc([N+](=O)[O-])cc3)cs2)C1. The minimum Gasteiger partial charge on any atom is -0.459 e. The summed E-state index contributed by atoms with van der Waals surface area (Å²) in [4.78, 5) is 43.7. The third kappa shape index (κ3) is 6.11. The number of benzene rings is 1. The van der Waals surface area contributed by atoms with E-state index in [1.807, 2.05) is 4.90 Å². The molecule has 35 heavy (non-hydrogen) atoms. The van der Waals surface area contributed by atoms with Crippen LogP contribution in [0.15, 0.2) is 29.6 Å². The maximum atomic E-state index is 13.1. The van der Waals surface area contributed by atoms with Gasteiger partial charge in [0.25, 0.3) is 21.7 Å². The molecule has 1 atom stereocenters. The molecule has 1 aromatic heterocycles. The van der Waals surface area contributed by atoms with Crippen molar-refractivity contribution in [2.45, 2.75) is 18.8 Å². The van der Waals surface area contributed by atoms with Gasteiger partial charge in [-0.05, 0) is 17.7 Å². The van der Waals surface area contributed by atoms with Gasteiger partial charge in [-0.25, -0.2) is 9.78 Å². The standard InChI is InChI=1S/C20H23N5O8S2/c1-35(30,31)33-15-9-23(10-15)20-22-16(12-34-20)18(26)24-7-6-21-8-17(24)19(27)32-11-13-2-4-14(5-3-13)25(28)29/h2-5,12,15,17,21H,6-11H2,1H3. The van der Waals surface area contributed by atoms with Crippen molar-refractivity contribution in [1.82, 2.24) is 15.2 Å². The number of hydrogen-bond donors (Lipinski definition) is 1. The Labute approximate surface area is 204 Å². The number of carbonyl (C=O) groups is 2. The van der Waals surface area contributed by atoms with Crippen LogP contribution in [0.2, 0.25) is 0 Å². The summed E-state index contributed by atoms with van der Waals surface area (Å²) in [5, 5.41) is 16.0. The zero-order valence-corrected chi connectivity index (χ0v) is 20.3. The van der Waals surface area contributed by atoms with Gasteiger partial charge in [-0.2, -0.15) is 8.42 Å². The van der Waals surface area contributed by atoms with Gasteiger partial charge in [0.15, 0.2) is 5.13 Å². The first-order valence-electron chi connectivity index (χ1n) is 10.6. The second kappa shape index (κ2) is 10.2. The number of non-ortho nitro benzene ring substituents is 1. The fourth-order valence-electron chi connectivity index (χ4n) is 3.68. The van der Waals surface area contributed by atoms with Crippen molar-refractivity contribution in [3.63, 3.8) is 0 Å². The quantitative estimate of drug-likeness (QED) is 0.219. The van der Waals surface area contributed by atoms with Gasteiger partial charge >= 0.3 is 5.97 Å². The minimum atomic E-state index is -3.54. The third-order valence-corrected chi connectivity index (χ3v) is 6.97. The fraction of sp³-hybridized carbons (Fsp3) is 0.450. The summed E-state index contributed by atoms with van der Waals surface area (Å²) >= 11 is 1.25. The number of nitro benzene ring substituents is 1. The molecule has 0 bridgehead atoms. The lowest BCUT2D eigenvalue weighted by atomic mass is 10.1. The molecule has 0 spiro atoms. The molecule has 2 aromatic rings. The van der Waals surface area contributed by atoms with Crippen molar-refractivity contribution in [3.8, 4) is 0 Å². The highest BCUT2D eigenvalue weighted by Gasteiger charge is 2.36. The summed E-state index contributed by atoms with van der Waals surface area (Å²) in [5.74, 6) is -1.00. The molecule has 0 radical (unpaired) electrons. The Morgan fingerprint density at radius 2 is 2.00 bits per heavy atom. The number of aromatic nitrogens is 1. The number of amides is 1. The highest BCUT2D eigenvalue weighted by Crippen LogP contribution is 2.28. The second-order valence-corrected chi connectivity index (χ2v) is 10.5. The highest BCUT2D eigenvalue weighted by molar-refractivity contribution is 7.86. The lowest BCUT2D eigenvalue weighted by Crippen LogP contribution is -2.57. The molecule has 2 aliphatic heterocycles. The Morgan fingerprint density at radius 1 is 1.29 bits per heavy atom. The van der Waals surface area contributed by atoms with E-state index in [4.69, 9.17) is 8.92 Å². The summed E-state index contributed by atoms with van der Waals surface area (Å²) in [6, 6.07) is 4.82. The zero-order chi connectivity index (χ0) is 25.2. The number of ether oxygens (including phenoxy) is 1. The number of anilines is 1. The van der Waals surface area contributed by atoms with Gasteiger partial charge in [-0.1, -0.05) is 0 Å². The van der Waals surface area contributed by atoms with Crippen LogP contribution in [0.1, 0.15) is 16.1 Å². The molecule has 15 heteroatoms. The summed E-state index contributed by atoms with van der Waals surface area (Å²) < 4.78 is 32.8. The number of nitro groups is 1. The van der Waals surface area contributed by atoms with Crippen LogP contribution in [0.25, 0.3) is 0 Å². The Hall–Kier alpha value is -3.14. The molecule has 1 unspecified atom stereocenters. The van der Waals surface area contributed by atoms with E-state index >= 15 is 0 Å². The lowest BCUT2D eigenvalue weighted by molar-refractivity contribution is -0.384. The van der Waals surface area contributed by atoms with Gasteiger partial charge in [0.05, 0.1) is 11.2 Å². The molecule has 1 N–H and O–H groups in total. The van der Waals surface area contributed by atoms with Crippen molar-refractivity contribution < 1.29 is 31.9 Å². The number of nitrogens with zero attached hydrogens (tertiary/aromatic N) is 4. The predicted molar refractivity (Wildman–Crippen MR) is 125 cm³/mol. The second-order valence-electron chi connectivity index (χ2n) is 8.09. The van der Waals surface area contributed by atoms with E-state index in [0.29, 0.717) is 30.3 Å². The summed E-state index contributed by atoms with van der Waals surface area (Å²) in [6.07, 6.45) is 0.549. The number of carbonyl (C=O) groups excluding carboxylic acids is 2. The van der Waals surface area contributed by atoms with Crippen LogP contribution in [0.4, 0.5) is 10.8 Å². The van der Waals surface area contributed by atoms with Crippen molar-refractivity contribution >= 4 is 44.2 Å². The normalized spacial score (nSPS) is 18.7. The zero-order valence-electron chi connectivity index (χ0n) is 18.7. The Morgan fingerprint density at radius 3 is 2.66 bits per heavy atom. The third-order valence-electron chi connectivity index (χ3n) is 5.45. The monoisotopic (exact) mass is 525 g/mol. The van der Waals surface area contributed by atoms with Crippen molar-refractivity contribution in [2.24, 2.45) is 0 Å². The summed E-state index contributed by atoms with van der Waals surface area (Å²) in [5.41, 5.74) is 0.711. The van der Waals surface area contributed by atoms with Gasteiger partial charge in [0.2, 0.25) is 0 Å². The van der Waals surface area contributed by atoms with Gasteiger partial charge < -0.3 is 19.9 Å². The average Bonchev–Trinajstić information content (AvgIpc) is 3.28. The van der Waals surface area contributed by atoms with Crippen molar-refractivity contribution in [1.29, 1.82) is 0 Å². The van der Waals surface area contributed by atoms with Gasteiger partial charge in [0.1, 0.15) is 24.4 Å². The van der Waals surface area contributed by atoms with E-state index in [-0.39, 0.29) is 31.1 Å². The van der Waals surface area contributed by atoms with Crippen molar-refractivity contribution in [2.75, 3.05) is 43.9 Å². The lowest BCUT2D eigenvalue weighted by Gasteiger charge is -2.37. The number of piperazine rings is 1. The van der Waals surface area contributed by atoms with Crippen LogP contribution in [0.3, 0.4) is 0 Å². The molecule has 4 rings (SSSR count). The molecule has 13 nitrogen and oxygen atoms in total. The fourth-order valence-corrected chi connectivity index (χ4v) is 5.12. The first-order chi connectivity index (χ1) is 16.6. The number of rotatable bonds is 8. The molecule has 0 aliphatic carbocycles. The largest absolute Gasteiger partial charge is 0.459 e. The van der Waals surface area contributed by atoms with Gasteiger partial charge in [0, 0.05) is 50.2 Å². The summed E-state index contributed by atoms with van der Waals surface area (Å²) in [6.45, 7) is 1.63. The molecule has 2 fully saturated rings. The molecule has 188 valence electrons.